The van der Waals surface area contributed by atoms with Crippen LogP contribution in [0.4, 0.5) is 13.6 Å². The van der Waals surface area contributed by atoms with Crippen LogP contribution in [0, 0.1) is 0 Å². The molecule has 0 aromatic carbocycles. The zero-order chi connectivity index (χ0) is 18.4. The Labute approximate surface area is 139 Å². The maximum Gasteiger partial charge on any atom is 0.407 e. The minimum Gasteiger partial charge on any atom is -0.464 e. The molecule has 0 fully saturated rings. The van der Waals surface area contributed by atoms with Crippen molar-refractivity contribution in [3.63, 3.8) is 0 Å². The number of aromatic amines is 1. The van der Waals surface area contributed by atoms with Crippen molar-refractivity contribution in [1.29, 1.82) is 0 Å². The summed E-state index contributed by atoms with van der Waals surface area (Å²) < 4.78 is 36.8. The third-order valence-corrected chi connectivity index (χ3v) is 2.74. The molecule has 1 aromatic rings. The van der Waals surface area contributed by atoms with Gasteiger partial charge in [0.15, 0.2) is 0 Å². The molecule has 0 spiro atoms. The number of amides is 1. The highest BCUT2D eigenvalue weighted by Gasteiger charge is 2.30. The second-order valence-corrected chi connectivity index (χ2v) is 6.20. The summed E-state index contributed by atoms with van der Waals surface area (Å²) >= 11 is 0. The number of alkyl carbamates (subject to hydrolysis) is 1. The molecule has 0 atom stereocenters. The van der Waals surface area contributed by atoms with Crippen LogP contribution in [0.2, 0.25) is 0 Å². The molecular formula is C15H23F2N3O4. The van der Waals surface area contributed by atoms with Crippen LogP contribution in [-0.4, -0.2) is 48.8 Å². The Bertz CT molecular complexity index is 567. The zero-order valence-electron chi connectivity index (χ0n) is 14.2. The van der Waals surface area contributed by atoms with Crippen LogP contribution in [0.3, 0.4) is 0 Å². The van der Waals surface area contributed by atoms with Crippen LogP contribution < -0.4 is 10.6 Å². The standard InChI is InChI=1S/C15H23F2N3O4/c1-14(2,3)24-13(22)19-9-15(16,17)8-18-7-10-5-6-11(20-10)12(21)23-4/h5-6,18,20H,7-9H2,1-4H3,(H,19,22). The molecule has 0 bridgehead atoms. The fourth-order valence-electron chi connectivity index (χ4n) is 1.73. The predicted molar refractivity (Wildman–Crippen MR) is 83.0 cm³/mol. The molecule has 1 heterocycles. The molecule has 1 amide bonds. The van der Waals surface area contributed by atoms with E-state index in [-0.39, 0.29) is 12.2 Å². The van der Waals surface area contributed by atoms with Gasteiger partial charge in [-0.05, 0) is 32.9 Å². The van der Waals surface area contributed by atoms with Crippen LogP contribution >= 0.6 is 0 Å². The number of aromatic nitrogens is 1. The Morgan fingerprint density at radius 2 is 1.88 bits per heavy atom. The maximum atomic E-state index is 13.7. The number of ether oxygens (including phenoxy) is 2. The molecule has 3 N–H and O–H groups in total. The predicted octanol–water partition coefficient (Wildman–Crippen LogP) is 2.05. The van der Waals surface area contributed by atoms with Crippen molar-refractivity contribution in [2.75, 3.05) is 20.2 Å². The lowest BCUT2D eigenvalue weighted by atomic mass is 10.2. The number of rotatable bonds is 7. The quantitative estimate of drug-likeness (QED) is 0.657. The highest BCUT2D eigenvalue weighted by atomic mass is 19.3. The van der Waals surface area contributed by atoms with Gasteiger partial charge in [0.1, 0.15) is 11.3 Å². The molecule has 0 saturated heterocycles. The Hall–Kier alpha value is -2.16. The smallest absolute Gasteiger partial charge is 0.407 e. The fraction of sp³-hybridized carbons (Fsp3) is 0.600. The van der Waals surface area contributed by atoms with Gasteiger partial charge in [-0.15, -0.1) is 0 Å². The number of H-pyrrole nitrogens is 1. The lowest BCUT2D eigenvalue weighted by Crippen LogP contribution is -2.44. The molecular weight excluding hydrogens is 324 g/mol. The molecule has 0 aliphatic heterocycles. The summed E-state index contributed by atoms with van der Waals surface area (Å²) in [5, 5.41) is 4.59. The summed E-state index contributed by atoms with van der Waals surface area (Å²) in [6.07, 6.45) is -0.894. The number of esters is 1. The largest absolute Gasteiger partial charge is 0.464 e. The lowest BCUT2D eigenvalue weighted by molar-refractivity contribution is -0.00381. The highest BCUT2D eigenvalue weighted by Crippen LogP contribution is 2.12. The monoisotopic (exact) mass is 347 g/mol. The maximum absolute atomic E-state index is 13.7. The molecule has 0 aliphatic carbocycles. The average molecular weight is 347 g/mol. The summed E-state index contributed by atoms with van der Waals surface area (Å²) in [5.74, 6) is -3.68. The zero-order valence-corrected chi connectivity index (χ0v) is 14.2. The first-order valence-electron chi connectivity index (χ1n) is 7.34. The number of nitrogens with one attached hydrogen (secondary N) is 3. The van der Waals surface area contributed by atoms with Gasteiger partial charge in [0, 0.05) is 12.2 Å². The summed E-state index contributed by atoms with van der Waals surface area (Å²) in [6.45, 7) is 3.56. The van der Waals surface area contributed by atoms with E-state index in [4.69, 9.17) is 4.74 Å². The van der Waals surface area contributed by atoms with Gasteiger partial charge in [-0.2, -0.15) is 0 Å². The van der Waals surface area contributed by atoms with Crippen molar-refractivity contribution in [1.82, 2.24) is 15.6 Å². The second-order valence-electron chi connectivity index (χ2n) is 6.20. The van der Waals surface area contributed by atoms with Gasteiger partial charge in [0.25, 0.3) is 5.92 Å². The first kappa shape index (κ1) is 19.9. The third-order valence-electron chi connectivity index (χ3n) is 2.74. The Morgan fingerprint density at radius 1 is 1.21 bits per heavy atom. The van der Waals surface area contributed by atoms with Crippen LogP contribution in [0.5, 0.6) is 0 Å². The Kier molecular flexibility index (Phi) is 6.70. The van der Waals surface area contributed by atoms with Crippen LogP contribution in [0.15, 0.2) is 12.1 Å². The van der Waals surface area contributed by atoms with E-state index in [0.717, 1.165) is 0 Å². The Morgan fingerprint density at radius 3 is 2.46 bits per heavy atom. The molecule has 1 aromatic heterocycles. The fourth-order valence-corrected chi connectivity index (χ4v) is 1.73. The van der Waals surface area contributed by atoms with E-state index >= 15 is 0 Å². The summed E-state index contributed by atoms with van der Waals surface area (Å²) in [6, 6.07) is 3.10. The van der Waals surface area contributed by atoms with Gasteiger partial charge < -0.3 is 25.1 Å². The number of carbonyl (C=O) groups is 2. The summed E-state index contributed by atoms with van der Waals surface area (Å²) in [4.78, 5) is 25.4. The molecule has 136 valence electrons. The van der Waals surface area contributed by atoms with Crippen LogP contribution in [0.25, 0.3) is 0 Å². The van der Waals surface area contributed by atoms with E-state index < -0.39 is 36.7 Å². The number of methoxy groups -OCH3 is 1. The van der Waals surface area contributed by atoms with Crippen molar-refractivity contribution < 1.29 is 27.8 Å². The van der Waals surface area contributed by atoms with E-state index in [0.29, 0.717) is 5.69 Å². The number of alkyl halides is 2. The van der Waals surface area contributed by atoms with Gasteiger partial charge in [0.05, 0.1) is 20.2 Å². The van der Waals surface area contributed by atoms with Crippen molar-refractivity contribution in [3.8, 4) is 0 Å². The number of hydrogen-bond acceptors (Lipinski definition) is 5. The van der Waals surface area contributed by atoms with E-state index in [1.807, 2.05) is 5.32 Å². The molecule has 1 rings (SSSR count). The number of halogens is 2. The van der Waals surface area contributed by atoms with Crippen molar-refractivity contribution >= 4 is 12.1 Å². The molecule has 24 heavy (non-hydrogen) atoms. The lowest BCUT2D eigenvalue weighted by Gasteiger charge is -2.22. The SMILES string of the molecule is COC(=O)c1ccc(CNCC(F)(F)CNC(=O)OC(C)(C)C)[nH]1. The molecule has 0 radical (unpaired) electrons. The van der Waals surface area contributed by atoms with E-state index in [9.17, 15) is 18.4 Å². The van der Waals surface area contributed by atoms with Crippen LogP contribution in [-0.2, 0) is 16.0 Å². The summed E-state index contributed by atoms with van der Waals surface area (Å²) in [7, 11) is 1.25. The van der Waals surface area contributed by atoms with E-state index in [1.54, 1.807) is 26.8 Å². The minimum absolute atomic E-state index is 0.110. The topological polar surface area (TPSA) is 92.5 Å². The van der Waals surface area contributed by atoms with Gasteiger partial charge in [-0.1, -0.05) is 0 Å². The second kappa shape index (κ2) is 8.09. The molecule has 0 saturated carbocycles. The third kappa shape index (κ3) is 7.40. The number of carbonyl (C=O) groups excluding carboxylic acids is 2. The highest BCUT2D eigenvalue weighted by molar-refractivity contribution is 5.87. The molecule has 7 nitrogen and oxygen atoms in total. The van der Waals surface area contributed by atoms with Gasteiger partial charge >= 0.3 is 12.1 Å². The van der Waals surface area contributed by atoms with Gasteiger partial charge in [-0.25, -0.2) is 18.4 Å². The first-order valence-corrected chi connectivity index (χ1v) is 7.34. The molecule has 9 heteroatoms. The van der Waals surface area contributed by atoms with E-state index in [2.05, 4.69) is 15.0 Å². The van der Waals surface area contributed by atoms with Crippen molar-refractivity contribution in [2.24, 2.45) is 0 Å². The van der Waals surface area contributed by atoms with Crippen molar-refractivity contribution in [2.45, 2.75) is 38.8 Å². The minimum atomic E-state index is -3.14. The van der Waals surface area contributed by atoms with Gasteiger partial charge in [-0.3, -0.25) is 0 Å². The van der Waals surface area contributed by atoms with E-state index in [1.165, 1.54) is 13.2 Å². The number of hydrogen-bond donors (Lipinski definition) is 3. The normalized spacial score (nSPS) is 11.9. The van der Waals surface area contributed by atoms with Gasteiger partial charge in [0.2, 0.25) is 0 Å². The summed E-state index contributed by atoms with van der Waals surface area (Å²) in [5.41, 5.74) is 0.0571. The molecule has 0 unspecified atom stereocenters. The average Bonchev–Trinajstić information content (AvgIpc) is 2.91. The Balaban J connectivity index is 2.36. The van der Waals surface area contributed by atoms with Crippen LogP contribution in [0.1, 0.15) is 37.0 Å². The first-order chi connectivity index (χ1) is 11.0. The molecule has 0 aliphatic rings. The van der Waals surface area contributed by atoms with Crippen molar-refractivity contribution in [3.05, 3.63) is 23.5 Å².